The first kappa shape index (κ1) is 61.6. The fourth-order valence-electron chi connectivity index (χ4n) is 6.49. The summed E-state index contributed by atoms with van der Waals surface area (Å²) >= 11 is 25.6. The first-order chi connectivity index (χ1) is 36.9. The van der Waals surface area contributed by atoms with Gasteiger partial charge >= 0.3 is 47.8 Å². The molecule has 0 amide bonds. The van der Waals surface area contributed by atoms with Gasteiger partial charge in [0.2, 0.25) is 0 Å². The van der Waals surface area contributed by atoms with Gasteiger partial charge < -0.3 is 58.3 Å². The fraction of sp³-hybridized carbons (Fsp3) is 0.120. The molecular weight excluding hydrogens is 1560 g/mol. The van der Waals surface area contributed by atoms with E-state index in [1.807, 2.05) is 0 Å². The SMILES string of the molecule is O=C(Oc1c(Br)cc(Br)cc1C(=O)O)c1cc(OCCOCCOCCOc2cc(C(=O)Oc3c(Br)cc(Br)cc3C(=O)O)cc(C(=O)Oc3c(Br)cc(Br)cc3C(=O)O)c2)cc(C(=O)Oc2c(Br)cc(Br)cc2C(=O)O)c1. The molecule has 4 N–H and O–H groups in total. The molecule has 0 aliphatic carbocycles. The molecule has 6 aromatic rings. The highest BCUT2D eigenvalue weighted by Crippen LogP contribution is 2.38. The molecule has 28 heteroatoms. The van der Waals surface area contributed by atoms with Gasteiger partial charge in [0.1, 0.15) is 47.0 Å². The number of aromatic carboxylic acids is 4. The van der Waals surface area contributed by atoms with E-state index in [4.69, 9.17) is 37.9 Å². The van der Waals surface area contributed by atoms with Crippen LogP contribution in [0.25, 0.3) is 0 Å². The molecule has 6 rings (SSSR count). The second kappa shape index (κ2) is 28.0. The normalized spacial score (nSPS) is 10.8. The number of carbonyl (C=O) groups excluding carboxylic acids is 4. The maximum absolute atomic E-state index is 13.6. The van der Waals surface area contributed by atoms with Gasteiger partial charge in [0, 0.05) is 17.9 Å². The van der Waals surface area contributed by atoms with E-state index >= 15 is 0 Å². The summed E-state index contributed by atoms with van der Waals surface area (Å²) in [7, 11) is 0. The second-order valence-corrected chi connectivity index (χ2v) is 22.3. The van der Waals surface area contributed by atoms with E-state index in [-0.39, 0.29) is 137 Å². The van der Waals surface area contributed by atoms with Crippen molar-refractivity contribution >= 4 is 175 Å². The maximum Gasteiger partial charge on any atom is 0.343 e. The van der Waals surface area contributed by atoms with E-state index in [0.717, 1.165) is 12.1 Å². The largest absolute Gasteiger partial charge is 0.491 e. The highest BCUT2D eigenvalue weighted by Gasteiger charge is 2.27. The van der Waals surface area contributed by atoms with Crippen LogP contribution in [0.1, 0.15) is 82.9 Å². The highest BCUT2D eigenvalue weighted by atomic mass is 79.9. The Hall–Kier alpha value is -5.56. The molecule has 0 heterocycles. The molecule has 0 aliphatic rings. The topological polar surface area (TPSA) is 291 Å². The van der Waals surface area contributed by atoms with E-state index < -0.39 is 47.8 Å². The van der Waals surface area contributed by atoms with Crippen molar-refractivity contribution in [3.63, 3.8) is 0 Å². The van der Waals surface area contributed by atoms with E-state index in [9.17, 15) is 58.8 Å². The third-order valence-corrected chi connectivity index (χ3v) is 14.0. The Balaban J connectivity index is 1.10. The smallest absolute Gasteiger partial charge is 0.343 e. The van der Waals surface area contributed by atoms with Gasteiger partial charge in [-0.2, -0.15) is 0 Å². The molecule has 0 aromatic heterocycles. The Bertz CT molecular complexity index is 3000. The van der Waals surface area contributed by atoms with Crippen LogP contribution in [0.4, 0.5) is 0 Å². The molecule has 78 heavy (non-hydrogen) atoms. The number of ether oxygens (including phenoxy) is 8. The molecule has 0 saturated carbocycles. The van der Waals surface area contributed by atoms with Crippen LogP contribution in [0.3, 0.4) is 0 Å². The van der Waals surface area contributed by atoms with Crippen molar-refractivity contribution in [3.05, 3.63) is 165 Å². The molecule has 0 aliphatic heterocycles. The Labute approximate surface area is 506 Å². The van der Waals surface area contributed by atoms with Gasteiger partial charge in [-0.25, -0.2) is 38.4 Å². The number of halogens is 8. The van der Waals surface area contributed by atoms with Crippen molar-refractivity contribution < 1.29 is 96.7 Å². The van der Waals surface area contributed by atoms with Crippen LogP contribution in [0, 0.1) is 0 Å². The maximum atomic E-state index is 13.6. The van der Waals surface area contributed by atoms with E-state index in [0.29, 0.717) is 17.9 Å². The van der Waals surface area contributed by atoms with E-state index in [1.54, 1.807) is 0 Å². The average molecular weight is 1590 g/mol. The predicted molar refractivity (Wildman–Crippen MR) is 301 cm³/mol. The summed E-state index contributed by atoms with van der Waals surface area (Å²) in [4.78, 5) is 102. The Morgan fingerprint density at radius 2 is 0.526 bits per heavy atom. The number of hydrogen-bond donors (Lipinski definition) is 4. The lowest BCUT2D eigenvalue weighted by atomic mass is 10.1. The van der Waals surface area contributed by atoms with Gasteiger partial charge in [-0.3, -0.25) is 0 Å². The van der Waals surface area contributed by atoms with Crippen LogP contribution >= 0.6 is 127 Å². The first-order valence-electron chi connectivity index (χ1n) is 21.4. The van der Waals surface area contributed by atoms with Crippen molar-refractivity contribution in [1.29, 1.82) is 0 Å². The quantitative estimate of drug-likeness (QED) is 0.0263. The van der Waals surface area contributed by atoms with Gasteiger partial charge in [0.05, 0.1) is 66.6 Å². The highest BCUT2D eigenvalue weighted by molar-refractivity contribution is 9.12. The molecule has 6 aromatic carbocycles. The molecule has 0 unspecified atom stereocenters. The summed E-state index contributed by atoms with van der Waals surface area (Å²) in [6.07, 6.45) is 0. The lowest BCUT2D eigenvalue weighted by Gasteiger charge is -2.14. The van der Waals surface area contributed by atoms with Gasteiger partial charge in [0.25, 0.3) is 0 Å². The van der Waals surface area contributed by atoms with Crippen LogP contribution in [0.5, 0.6) is 34.5 Å². The average Bonchev–Trinajstić information content (AvgIpc) is 3.37. The third kappa shape index (κ3) is 16.5. The zero-order chi connectivity index (χ0) is 57.1. The van der Waals surface area contributed by atoms with Crippen LogP contribution in [-0.2, 0) is 9.47 Å². The van der Waals surface area contributed by atoms with Crippen LogP contribution in [0.2, 0.25) is 0 Å². The van der Waals surface area contributed by atoms with Crippen LogP contribution < -0.4 is 28.4 Å². The molecule has 0 atom stereocenters. The number of carbonyl (C=O) groups is 8. The molecule has 0 radical (unpaired) electrons. The summed E-state index contributed by atoms with van der Waals surface area (Å²) in [6.45, 7) is -0.411. The minimum absolute atomic E-state index is 0.0144. The van der Waals surface area contributed by atoms with Crippen molar-refractivity contribution in [1.82, 2.24) is 0 Å². The zero-order valence-corrected chi connectivity index (χ0v) is 51.4. The molecule has 406 valence electrons. The Kier molecular flexibility index (Phi) is 22.2. The Morgan fingerprint density at radius 1 is 0.308 bits per heavy atom. The van der Waals surface area contributed by atoms with Gasteiger partial charge in [-0.05, 0) is 149 Å². The molecule has 0 fully saturated rings. The number of benzene rings is 6. The van der Waals surface area contributed by atoms with Gasteiger partial charge in [-0.1, -0.05) is 63.7 Å². The van der Waals surface area contributed by atoms with Crippen LogP contribution in [-0.4, -0.2) is 108 Å². The van der Waals surface area contributed by atoms with Crippen molar-refractivity contribution in [2.24, 2.45) is 0 Å². The predicted octanol–water partition coefficient (Wildman–Crippen LogP) is 12.9. The Morgan fingerprint density at radius 3 is 0.744 bits per heavy atom. The minimum Gasteiger partial charge on any atom is -0.491 e. The van der Waals surface area contributed by atoms with Crippen molar-refractivity contribution in [2.45, 2.75) is 0 Å². The first-order valence-corrected chi connectivity index (χ1v) is 27.7. The molecule has 0 saturated heterocycles. The molecular formula is C50H30Br8O20. The minimum atomic E-state index is -1.41. The number of carboxylic acid groups (broad SMARTS) is 4. The monoisotopic (exact) mass is 1580 g/mol. The second-order valence-electron chi connectivity index (χ2n) is 15.2. The van der Waals surface area contributed by atoms with Crippen molar-refractivity contribution in [2.75, 3.05) is 39.6 Å². The summed E-state index contributed by atoms with van der Waals surface area (Å²) < 4.78 is 46.7. The number of hydrogen-bond acceptors (Lipinski definition) is 16. The molecule has 0 bridgehead atoms. The summed E-state index contributed by atoms with van der Waals surface area (Å²) in [5, 5.41) is 39.2. The van der Waals surface area contributed by atoms with E-state index in [2.05, 4.69) is 127 Å². The van der Waals surface area contributed by atoms with Gasteiger partial charge in [-0.15, -0.1) is 0 Å². The fourth-order valence-corrected chi connectivity index (χ4v) is 11.7. The van der Waals surface area contributed by atoms with Crippen LogP contribution in [0.15, 0.2) is 121 Å². The number of carboxylic acids is 4. The molecule has 20 nitrogen and oxygen atoms in total. The number of rotatable bonds is 23. The molecule has 0 spiro atoms. The zero-order valence-electron chi connectivity index (χ0n) is 38.7. The van der Waals surface area contributed by atoms with E-state index in [1.165, 1.54) is 72.8 Å². The van der Waals surface area contributed by atoms with Crippen molar-refractivity contribution in [3.8, 4) is 34.5 Å². The van der Waals surface area contributed by atoms with Gasteiger partial charge in [0.15, 0.2) is 23.0 Å². The lowest BCUT2D eigenvalue weighted by Crippen LogP contribution is -2.17. The third-order valence-electron chi connectivity index (χ3n) is 9.85. The summed E-state index contributed by atoms with van der Waals surface area (Å²) in [5.74, 6) is -11.6. The standard InChI is InChI=1S/C50H30Br8O20/c51-25-13-31(43(59)60)39(35(55)17-25)75-47(67)21-7-22(48(68)76-40-32(44(61)62)14-26(52)18-36(40)56)10-29(9-21)73-5-3-71-1-2-72-4-6-74-30-11-23(49(69)77-41-33(45(63)64)15-27(53)19-37(41)57)8-24(12-30)50(70)78-42-34(46(65)66)16-28(54)20-38(42)58/h7-20H,1-6H2,(H,59,60)(H,61,62)(H,63,64)(H,65,66). The number of esters is 4. The lowest BCUT2D eigenvalue weighted by molar-refractivity contribution is 0.0273. The summed E-state index contributed by atoms with van der Waals surface area (Å²) in [6, 6.07) is 17.7. The summed E-state index contributed by atoms with van der Waals surface area (Å²) in [5.41, 5.74) is -2.64.